The second-order valence-corrected chi connectivity index (χ2v) is 7.21. The molecule has 3 rings (SSSR count). The van der Waals surface area contributed by atoms with Crippen LogP contribution in [0.3, 0.4) is 0 Å². The number of methoxy groups -OCH3 is 1. The third-order valence-corrected chi connectivity index (χ3v) is 5.04. The Morgan fingerprint density at radius 1 is 1.23 bits per heavy atom. The number of carbonyl (C=O) groups excluding carboxylic acids is 3. The van der Waals surface area contributed by atoms with Gasteiger partial charge in [-0.05, 0) is 48.7 Å². The molecule has 2 aromatic rings. The number of ether oxygens (including phenoxy) is 1. The van der Waals surface area contributed by atoms with Gasteiger partial charge < -0.3 is 15.4 Å². The van der Waals surface area contributed by atoms with Gasteiger partial charge in [0.2, 0.25) is 5.91 Å². The fraction of sp³-hybridized carbons (Fsp3) is 0.286. The SMILES string of the molecule is COc1ccc(CCN2C(=O)N[C@@H](CCC(=O)Nc3ccc(F)c(Cl)c3)C2=O)cc1. The fourth-order valence-electron chi connectivity index (χ4n) is 3.09. The number of nitrogens with zero attached hydrogens (tertiary/aromatic N) is 1. The molecular weight excluding hydrogens is 413 g/mol. The Balaban J connectivity index is 1.48. The van der Waals surface area contributed by atoms with E-state index in [1.807, 2.05) is 24.3 Å². The molecule has 4 amide bonds. The van der Waals surface area contributed by atoms with Crippen molar-refractivity contribution in [3.8, 4) is 5.75 Å². The lowest BCUT2D eigenvalue weighted by Gasteiger charge is -2.13. The fourth-order valence-corrected chi connectivity index (χ4v) is 3.27. The normalized spacial score (nSPS) is 15.8. The van der Waals surface area contributed by atoms with Gasteiger partial charge in [-0.1, -0.05) is 23.7 Å². The molecule has 2 aromatic carbocycles. The highest BCUT2D eigenvalue weighted by atomic mass is 35.5. The Morgan fingerprint density at radius 3 is 2.63 bits per heavy atom. The molecule has 0 spiro atoms. The number of benzene rings is 2. The summed E-state index contributed by atoms with van der Waals surface area (Å²) in [6.45, 7) is 0.244. The van der Waals surface area contributed by atoms with E-state index in [1.165, 1.54) is 12.1 Å². The zero-order valence-corrected chi connectivity index (χ0v) is 17.0. The molecule has 1 atom stereocenters. The second kappa shape index (κ2) is 9.58. The zero-order chi connectivity index (χ0) is 21.7. The van der Waals surface area contributed by atoms with Crippen LogP contribution in [0.5, 0.6) is 5.75 Å². The average molecular weight is 434 g/mol. The summed E-state index contributed by atoms with van der Waals surface area (Å²) in [6.07, 6.45) is 0.685. The number of hydrogen-bond acceptors (Lipinski definition) is 4. The van der Waals surface area contributed by atoms with Crippen LogP contribution in [-0.4, -0.2) is 42.4 Å². The van der Waals surface area contributed by atoms with Gasteiger partial charge in [0, 0.05) is 18.7 Å². The molecule has 0 unspecified atom stereocenters. The minimum atomic E-state index is -0.754. The first kappa shape index (κ1) is 21.6. The van der Waals surface area contributed by atoms with Crippen LogP contribution in [0.25, 0.3) is 0 Å². The van der Waals surface area contributed by atoms with E-state index in [4.69, 9.17) is 16.3 Å². The van der Waals surface area contributed by atoms with Crippen molar-refractivity contribution in [2.75, 3.05) is 19.0 Å². The molecule has 158 valence electrons. The Kier molecular flexibility index (Phi) is 6.89. The van der Waals surface area contributed by atoms with E-state index in [2.05, 4.69) is 10.6 Å². The van der Waals surface area contributed by atoms with Gasteiger partial charge in [-0.15, -0.1) is 0 Å². The quantitative estimate of drug-likeness (QED) is 0.625. The predicted molar refractivity (Wildman–Crippen MR) is 110 cm³/mol. The molecule has 0 bridgehead atoms. The summed E-state index contributed by atoms with van der Waals surface area (Å²) >= 11 is 5.69. The molecule has 1 fully saturated rings. The summed E-state index contributed by atoms with van der Waals surface area (Å²) in [6, 6.07) is 10.0. The van der Waals surface area contributed by atoms with Crippen molar-refractivity contribution in [1.82, 2.24) is 10.2 Å². The van der Waals surface area contributed by atoms with Crippen LogP contribution in [0.4, 0.5) is 14.9 Å². The maximum absolute atomic E-state index is 13.2. The van der Waals surface area contributed by atoms with Crippen LogP contribution < -0.4 is 15.4 Å². The summed E-state index contributed by atoms with van der Waals surface area (Å²) < 4.78 is 18.3. The summed E-state index contributed by atoms with van der Waals surface area (Å²) in [5, 5.41) is 5.10. The maximum Gasteiger partial charge on any atom is 0.324 e. The van der Waals surface area contributed by atoms with Crippen LogP contribution in [0.1, 0.15) is 18.4 Å². The summed E-state index contributed by atoms with van der Waals surface area (Å²) in [5.41, 5.74) is 1.33. The summed E-state index contributed by atoms with van der Waals surface area (Å²) in [7, 11) is 1.58. The number of carbonyl (C=O) groups is 3. The number of nitrogens with one attached hydrogen (secondary N) is 2. The number of anilines is 1. The molecule has 7 nitrogen and oxygen atoms in total. The van der Waals surface area contributed by atoms with Crippen molar-refractivity contribution in [3.05, 3.63) is 58.9 Å². The van der Waals surface area contributed by atoms with Gasteiger partial charge in [-0.2, -0.15) is 0 Å². The number of halogens is 2. The van der Waals surface area contributed by atoms with Crippen molar-refractivity contribution in [3.63, 3.8) is 0 Å². The molecule has 1 heterocycles. The third kappa shape index (κ3) is 5.27. The molecule has 2 N–H and O–H groups in total. The summed E-state index contributed by atoms with van der Waals surface area (Å²) in [5.74, 6) is -0.568. The molecule has 30 heavy (non-hydrogen) atoms. The van der Waals surface area contributed by atoms with Crippen molar-refractivity contribution < 1.29 is 23.5 Å². The van der Waals surface area contributed by atoms with Crippen molar-refractivity contribution in [2.45, 2.75) is 25.3 Å². The average Bonchev–Trinajstić information content (AvgIpc) is 3.01. The van der Waals surface area contributed by atoms with E-state index in [9.17, 15) is 18.8 Å². The van der Waals surface area contributed by atoms with E-state index in [0.717, 1.165) is 22.3 Å². The van der Waals surface area contributed by atoms with Crippen LogP contribution in [0.15, 0.2) is 42.5 Å². The molecule has 0 radical (unpaired) electrons. The van der Waals surface area contributed by atoms with E-state index in [1.54, 1.807) is 7.11 Å². The van der Waals surface area contributed by atoms with E-state index in [-0.39, 0.29) is 36.2 Å². The molecule has 1 saturated heterocycles. The molecule has 0 saturated carbocycles. The van der Waals surface area contributed by atoms with Crippen molar-refractivity contribution in [2.24, 2.45) is 0 Å². The number of hydrogen-bond donors (Lipinski definition) is 2. The number of urea groups is 1. The number of imide groups is 1. The first-order valence-corrected chi connectivity index (χ1v) is 9.75. The van der Waals surface area contributed by atoms with E-state index in [0.29, 0.717) is 12.1 Å². The lowest BCUT2D eigenvalue weighted by Crippen LogP contribution is -2.33. The van der Waals surface area contributed by atoms with Crippen molar-refractivity contribution >= 4 is 35.1 Å². The van der Waals surface area contributed by atoms with Crippen LogP contribution in [-0.2, 0) is 16.0 Å². The van der Waals surface area contributed by atoms with Gasteiger partial charge in [0.1, 0.15) is 17.6 Å². The van der Waals surface area contributed by atoms with E-state index < -0.39 is 17.9 Å². The van der Waals surface area contributed by atoms with Crippen LogP contribution in [0.2, 0.25) is 5.02 Å². The standard InChI is InChI=1S/C21H21ClFN3O4/c1-30-15-5-2-13(3-6-15)10-11-26-20(28)18(25-21(26)29)8-9-19(27)24-14-4-7-17(23)16(22)12-14/h2-7,12,18H,8-11H2,1H3,(H,24,27)(H,25,29)/t18-/m0/s1. The predicted octanol–water partition coefficient (Wildman–Crippen LogP) is 3.37. The molecule has 0 aliphatic carbocycles. The first-order valence-electron chi connectivity index (χ1n) is 9.37. The Hall–Kier alpha value is -3.13. The molecular formula is C21H21ClFN3O4. The minimum Gasteiger partial charge on any atom is -0.497 e. The molecule has 1 aliphatic rings. The Labute approximate surface area is 178 Å². The lowest BCUT2D eigenvalue weighted by molar-refractivity contribution is -0.127. The van der Waals surface area contributed by atoms with Gasteiger partial charge in [0.05, 0.1) is 12.1 Å². The monoisotopic (exact) mass is 433 g/mol. The molecule has 9 heteroatoms. The molecule has 1 aliphatic heterocycles. The third-order valence-electron chi connectivity index (χ3n) is 4.75. The number of rotatable bonds is 8. The summed E-state index contributed by atoms with van der Waals surface area (Å²) in [4.78, 5) is 37.9. The van der Waals surface area contributed by atoms with E-state index >= 15 is 0 Å². The van der Waals surface area contributed by atoms with Gasteiger partial charge in [-0.3, -0.25) is 14.5 Å². The highest BCUT2D eigenvalue weighted by Crippen LogP contribution is 2.20. The number of amides is 4. The van der Waals surface area contributed by atoms with Crippen LogP contribution >= 0.6 is 11.6 Å². The van der Waals surface area contributed by atoms with Crippen LogP contribution in [0, 0.1) is 5.82 Å². The van der Waals surface area contributed by atoms with Gasteiger partial charge in [-0.25, -0.2) is 9.18 Å². The second-order valence-electron chi connectivity index (χ2n) is 6.81. The highest BCUT2D eigenvalue weighted by molar-refractivity contribution is 6.31. The first-order chi connectivity index (χ1) is 14.4. The minimum absolute atomic E-state index is 0.0119. The smallest absolute Gasteiger partial charge is 0.324 e. The Bertz CT molecular complexity index is 952. The van der Waals surface area contributed by atoms with Gasteiger partial charge in [0.15, 0.2) is 0 Å². The lowest BCUT2D eigenvalue weighted by atomic mass is 10.1. The zero-order valence-electron chi connectivity index (χ0n) is 16.3. The van der Waals surface area contributed by atoms with Gasteiger partial charge >= 0.3 is 6.03 Å². The highest BCUT2D eigenvalue weighted by Gasteiger charge is 2.37. The van der Waals surface area contributed by atoms with Gasteiger partial charge in [0.25, 0.3) is 5.91 Å². The maximum atomic E-state index is 13.2. The Morgan fingerprint density at radius 2 is 1.97 bits per heavy atom. The molecule has 0 aromatic heterocycles. The topological polar surface area (TPSA) is 87.7 Å². The van der Waals surface area contributed by atoms with Crippen molar-refractivity contribution in [1.29, 1.82) is 0 Å². The largest absolute Gasteiger partial charge is 0.497 e.